The third-order valence-corrected chi connectivity index (χ3v) is 2.66. The summed E-state index contributed by atoms with van der Waals surface area (Å²) in [5.74, 6) is 1.20. The molecule has 1 saturated heterocycles. The zero-order valence-electron chi connectivity index (χ0n) is 8.36. The van der Waals surface area contributed by atoms with Crippen LogP contribution in [-0.4, -0.2) is 23.2 Å². The minimum Gasteiger partial charge on any atom is -0.448 e. The normalized spacial score (nSPS) is 21.0. The fraction of sp³-hybridized carbons (Fsp3) is 0.700. The Morgan fingerprint density at radius 1 is 1.57 bits per heavy atom. The number of aliphatic hydroxyl groups excluding tert-OH is 1. The lowest BCUT2D eigenvalue weighted by Gasteiger charge is -2.19. The second-order valence-corrected chi connectivity index (χ2v) is 3.81. The lowest BCUT2D eigenvalue weighted by atomic mass is 9.98. The summed E-state index contributed by atoms with van der Waals surface area (Å²) in [5.41, 5.74) is 0.638. The molecule has 4 heteroatoms. The van der Waals surface area contributed by atoms with Crippen molar-refractivity contribution >= 4 is 0 Å². The van der Waals surface area contributed by atoms with E-state index >= 15 is 0 Å². The van der Waals surface area contributed by atoms with Crippen molar-refractivity contribution in [3.8, 4) is 0 Å². The molecule has 0 radical (unpaired) electrons. The van der Waals surface area contributed by atoms with Gasteiger partial charge in [-0.1, -0.05) is 0 Å². The van der Waals surface area contributed by atoms with Crippen molar-refractivity contribution in [2.24, 2.45) is 0 Å². The van der Waals surface area contributed by atoms with Crippen LogP contribution in [-0.2, 0) is 0 Å². The van der Waals surface area contributed by atoms with Crippen LogP contribution in [0.2, 0.25) is 0 Å². The van der Waals surface area contributed by atoms with E-state index < -0.39 is 6.10 Å². The number of hydrogen-bond acceptors (Lipinski definition) is 4. The molecule has 4 nitrogen and oxygen atoms in total. The highest BCUT2D eigenvalue weighted by atomic mass is 16.3. The third-order valence-electron chi connectivity index (χ3n) is 2.66. The van der Waals surface area contributed by atoms with Gasteiger partial charge in [0.2, 0.25) is 0 Å². The van der Waals surface area contributed by atoms with Gasteiger partial charge < -0.3 is 14.8 Å². The van der Waals surface area contributed by atoms with Crippen LogP contribution in [0.3, 0.4) is 0 Å². The molecule has 2 N–H and O–H groups in total. The van der Waals surface area contributed by atoms with Gasteiger partial charge >= 0.3 is 0 Å². The molecule has 1 atom stereocenters. The maximum Gasteiger partial charge on any atom is 0.197 e. The molecule has 0 spiro atoms. The van der Waals surface area contributed by atoms with E-state index in [1.165, 1.54) is 0 Å². The van der Waals surface area contributed by atoms with Gasteiger partial charge in [0, 0.05) is 5.92 Å². The first kappa shape index (κ1) is 9.68. The first-order valence-corrected chi connectivity index (χ1v) is 5.11. The molecule has 0 aliphatic carbocycles. The highest BCUT2D eigenvalue weighted by Gasteiger charge is 2.20. The number of rotatable bonds is 2. The van der Waals surface area contributed by atoms with E-state index in [1.54, 1.807) is 13.2 Å². The van der Waals surface area contributed by atoms with E-state index in [-0.39, 0.29) is 0 Å². The van der Waals surface area contributed by atoms with Crippen LogP contribution < -0.4 is 5.32 Å². The summed E-state index contributed by atoms with van der Waals surface area (Å²) in [5, 5.41) is 12.6. The fourth-order valence-electron chi connectivity index (χ4n) is 1.75. The molecule has 78 valence electrons. The van der Waals surface area contributed by atoms with Crippen molar-refractivity contribution in [2.75, 3.05) is 13.1 Å². The summed E-state index contributed by atoms with van der Waals surface area (Å²) in [7, 11) is 0. The molecule has 1 aromatic heterocycles. The number of aromatic nitrogens is 1. The Morgan fingerprint density at radius 2 is 2.29 bits per heavy atom. The van der Waals surface area contributed by atoms with Crippen LogP contribution in [0.1, 0.15) is 43.4 Å². The number of aliphatic hydroxyl groups is 1. The highest BCUT2D eigenvalue weighted by molar-refractivity contribution is 5.03. The predicted octanol–water partition coefficient (Wildman–Crippen LogP) is 1.19. The van der Waals surface area contributed by atoms with Crippen LogP contribution in [0.25, 0.3) is 0 Å². The van der Waals surface area contributed by atoms with Crippen molar-refractivity contribution < 1.29 is 9.52 Å². The third kappa shape index (κ3) is 1.96. The number of nitrogens with zero attached hydrogens (tertiary/aromatic N) is 1. The van der Waals surface area contributed by atoms with E-state index in [9.17, 15) is 5.11 Å². The van der Waals surface area contributed by atoms with Crippen molar-refractivity contribution in [3.05, 3.63) is 17.8 Å². The molecule has 0 amide bonds. The van der Waals surface area contributed by atoms with Gasteiger partial charge in [-0.3, -0.25) is 0 Å². The molecule has 1 aliphatic rings. The summed E-state index contributed by atoms with van der Waals surface area (Å²) in [4.78, 5) is 4.29. The Hall–Kier alpha value is -0.870. The molecule has 2 rings (SSSR count). The van der Waals surface area contributed by atoms with Crippen LogP contribution in [0.15, 0.2) is 10.7 Å². The van der Waals surface area contributed by atoms with E-state index in [4.69, 9.17) is 4.42 Å². The Balaban J connectivity index is 2.07. The summed E-state index contributed by atoms with van der Waals surface area (Å²) >= 11 is 0. The Bertz CT molecular complexity index is 290. The van der Waals surface area contributed by atoms with Gasteiger partial charge in [-0.15, -0.1) is 0 Å². The number of oxazole rings is 1. The summed E-state index contributed by atoms with van der Waals surface area (Å²) in [6.45, 7) is 3.75. The standard InChI is InChI=1S/C10H16N2O2/c1-7(13)9-6-14-10(12-9)8-2-4-11-5-3-8/h6-8,11,13H,2-5H2,1H3. The Morgan fingerprint density at radius 3 is 2.86 bits per heavy atom. The first-order valence-electron chi connectivity index (χ1n) is 5.11. The lowest BCUT2D eigenvalue weighted by Crippen LogP contribution is -2.26. The number of nitrogens with one attached hydrogen (secondary N) is 1. The summed E-state index contributed by atoms with van der Waals surface area (Å²) < 4.78 is 5.37. The molecule has 1 aliphatic heterocycles. The quantitative estimate of drug-likeness (QED) is 0.746. The maximum absolute atomic E-state index is 9.30. The zero-order valence-corrected chi connectivity index (χ0v) is 8.36. The van der Waals surface area contributed by atoms with Crippen LogP contribution in [0.4, 0.5) is 0 Å². The maximum atomic E-state index is 9.30. The van der Waals surface area contributed by atoms with Crippen LogP contribution >= 0.6 is 0 Å². The second-order valence-electron chi connectivity index (χ2n) is 3.81. The Labute approximate surface area is 83.3 Å². The topological polar surface area (TPSA) is 58.3 Å². The molecule has 1 fully saturated rings. The minimum absolute atomic E-state index is 0.420. The van der Waals surface area contributed by atoms with Crippen molar-refractivity contribution in [1.82, 2.24) is 10.3 Å². The minimum atomic E-state index is -0.533. The van der Waals surface area contributed by atoms with E-state index in [1.807, 2.05) is 0 Å². The molecule has 14 heavy (non-hydrogen) atoms. The van der Waals surface area contributed by atoms with Gasteiger partial charge in [-0.25, -0.2) is 4.98 Å². The number of hydrogen-bond donors (Lipinski definition) is 2. The summed E-state index contributed by atoms with van der Waals surface area (Å²) in [6.07, 6.45) is 3.16. The van der Waals surface area contributed by atoms with E-state index in [0.29, 0.717) is 11.6 Å². The second kappa shape index (κ2) is 4.11. The summed E-state index contributed by atoms with van der Waals surface area (Å²) in [6, 6.07) is 0. The van der Waals surface area contributed by atoms with Gasteiger partial charge in [-0.05, 0) is 32.9 Å². The van der Waals surface area contributed by atoms with Crippen molar-refractivity contribution in [1.29, 1.82) is 0 Å². The molecule has 1 aromatic rings. The SMILES string of the molecule is CC(O)c1coc(C2CCNCC2)n1. The van der Waals surface area contributed by atoms with Crippen LogP contribution in [0, 0.1) is 0 Å². The molecule has 0 saturated carbocycles. The molecule has 0 aromatic carbocycles. The van der Waals surface area contributed by atoms with Gasteiger partial charge in [-0.2, -0.15) is 0 Å². The largest absolute Gasteiger partial charge is 0.448 e. The van der Waals surface area contributed by atoms with Crippen molar-refractivity contribution in [3.63, 3.8) is 0 Å². The molecule has 1 unspecified atom stereocenters. The molecular weight excluding hydrogens is 180 g/mol. The van der Waals surface area contributed by atoms with Gasteiger partial charge in [0.05, 0.1) is 6.10 Å². The first-order chi connectivity index (χ1) is 6.77. The smallest absolute Gasteiger partial charge is 0.197 e. The lowest BCUT2D eigenvalue weighted by molar-refractivity contribution is 0.194. The average Bonchev–Trinajstić information content (AvgIpc) is 2.68. The highest BCUT2D eigenvalue weighted by Crippen LogP contribution is 2.25. The average molecular weight is 196 g/mol. The van der Waals surface area contributed by atoms with Gasteiger partial charge in [0.1, 0.15) is 12.0 Å². The molecule has 0 bridgehead atoms. The molecule has 2 heterocycles. The van der Waals surface area contributed by atoms with E-state index in [0.717, 1.165) is 31.8 Å². The fourth-order valence-corrected chi connectivity index (χ4v) is 1.75. The monoisotopic (exact) mass is 196 g/mol. The zero-order chi connectivity index (χ0) is 9.97. The molecular formula is C10H16N2O2. The van der Waals surface area contributed by atoms with Gasteiger partial charge in [0.15, 0.2) is 5.89 Å². The van der Waals surface area contributed by atoms with Crippen LogP contribution in [0.5, 0.6) is 0 Å². The van der Waals surface area contributed by atoms with Crippen molar-refractivity contribution in [2.45, 2.75) is 31.8 Å². The van der Waals surface area contributed by atoms with Gasteiger partial charge in [0.25, 0.3) is 0 Å². The predicted molar refractivity (Wildman–Crippen MR) is 52.0 cm³/mol. The Kier molecular flexibility index (Phi) is 2.84. The van der Waals surface area contributed by atoms with E-state index in [2.05, 4.69) is 10.3 Å². The number of piperidine rings is 1.